The first-order valence-corrected chi connectivity index (χ1v) is 17.2. The molecular weight excluding hydrogens is 548 g/mol. The lowest BCUT2D eigenvalue weighted by molar-refractivity contribution is -0.129. The fourth-order valence-corrected chi connectivity index (χ4v) is 6.86. The summed E-state index contributed by atoms with van der Waals surface area (Å²) in [6.45, 7) is 10.6. The number of unbranched alkanes of at least 4 members (excludes halogenated alkanes) is 1. The third kappa shape index (κ3) is 12.9. The van der Waals surface area contributed by atoms with Crippen molar-refractivity contribution in [2.45, 2.75) is 110 Å². The Morgan fingerprint density at radius 3 is 2.38 bits per heavy atom. The van der Waals surface area contributed by atoms with Crippen LogP contribution in [0.2, 0.25) is 0 Å². The zero-order valence-corrected chi connectivity index (χ0v) is 27.2. The van der Waals surface area contributed by atoms with Crippen LogP contribution in [0.4, 0.5) is 4.79 Å². The van der Waals surface area contributed by atoms with Crippen LogP contribution in [-0.4, -0.2) is 83.1 Å². The third-order valence-corrected chi connectivity index (χ3v) is 9.24. The van der Waals surface area contributed by atoms with Crippen molar-refractivity contribution >= 4 is 29.7 Å². The van der Waals surface area contributed by atoms with E-state index < -0.39 is 17.7 Å². The number of ether oxygens (including phenoxy) is 1. The SMILES string of the molecule is CCCCN(CC(=O)NC(CSCC1CCCCC1)C(=O)NC1CCN(Cc2ccccc2)CC1)C(=O)OC(C)(C)C. The Hall–Kier alpha value is -2.26. The van der Waals surface area contributed by atoms with Crippen molar-refractivity contribution in [1.29, 1.82) is 0 Å². The van der Waals surface area contributed by atoms with Gasteiger partial charge in [0, 0.05) is 38.0 Å². The van der Waals surface area contributed by atoms with Crippen LogP contribution in [0, 0.1) is 5.92 Å². The van der Waals surface area contributed by atoms with Crippen LogP contribution < -0.4 is 10.6 Å². The van der Waals surface area contributed by atoms with Gasteiger partial charge in [0.1, 0.15) is 18.2 Å². The number of nitrogens with one attached hydrogen (secondary N) is 2. The van der Waals surface area contributed by atoms with Gasteiger partial charge in [-0.1, -0.05) is 62.9 Å². The smallest absolute Gasteiger partial charge is 0.410 e. The number of piperidine rings is 1. The minimum absolute atomic E-state index is 0.0927. The van der Waals surface area contributed by atoms with Gasteiger partial charge in [0.2, 0.25) is 11.8 Å². The molecule has 42 heavy (non-hydrogen) atoms. The molecule has 236 valence electrons. The van der Waals surface area contributed by atoms with Crippen LogP contribution in [-0.2, 0) is 20.9 Å². The van der Waals surface area contributed by atoms with E-state index in [4.69, 9.17) is 4.74 Å². The molecule has 9 heteroatoms. The standard InChI is InChI=1S/C33H54N4O4S/c1-5-6-19-37(32(40)41-33(2,3)4)23-30(38)35-29(25-42-24-27-15-11-8-12-16-27)31(39)34-28-17-20-36(21-18-28)22-26-13-9-7-10-14-26/h7,9-10,13-14,27-29H,5-6,8,11-12,15-25H2,1-4H3,(H,34,39)(H,35,38). The van der Waals surface area contributed by atoms with E-state index in [0.29, 0.717) is 18.2 Å². The summed E-state index contributed by atoms with van der Waals surface area (Å²) in [6.07, 6.45) is 9.33. The van der Waals surface area contributed by atoms with Crippen molar-refractivity contribution in [1.82, 2.24) is 20.4 Å². The molecular formula is C33H54N4O4S. The summed E-state index contributed by atoms with van der Waals surface area (Å²) in [7, 11) is 0. The number of amides is 3. The van der Waals surface area contributed by atoms with Crippen LogP contribution in [0.3, 0.4) is 0 Å². The molecule has 1 saturated carbocycles. The molecule has 1 heterocycles. The van der Waals surface area contributed by atoms with Crippen molar-refractivity contribution < 1.29 is 19.1 Å². The molecule has 0 bridgehead atoms. The first-order chi connectivity index (χ1) is 20.1. The number of hydrogen-bond acceptors (Lipinski definition) is 6. The van der Waals surface area contributed by atoms with E-state index >= 15 is 0 Å². The first-order valence-electron chi connectivity index (χ1n) is 16.0. The van der Waals surface area contributed by atoms with Gasteiger partial charge in [-0.3, -0.25) is 19.4 Å². The third-order valence-electron chi connectivity index (χ3n) is 7.97. The second kappa shape index (κ2) is 17.8. The maximum atomic E-state index is 13.5. The molecule has 8 nitrogen and oxygen atoms in total. The van der Waals surface area contributed by atoms with E-state index in [1.165, 1.54) is 42.6 Å². The van der Waals surface area contributed by atoms with Gasteiger partial charge in [0.25, 0.3) is 0 Å². The molecule has 1 aromatic carbocycles. The molecule has 0 radical (unpaired) electrons. The zero-order chi connectivity index (χ0) is 30.4. The van der Waals surface area contributed by atoms with Gasteiger partial charge >= 0.3 is 6.09 Å². The number of rotatable bonds is 14. The molecule has 0 spiro atoms. The second-order valence-electron chi connectivity index (χ2n) is 13.0. The molecule has 1 saturated heterocycles. The molecule has 2 fully saturated rings. The van der Waals surface area contributed by atoms with Crippen LogP contribution in [0.1, 0.15) is 91.0 Å². The Labute approximate surface area is 258 Å². The summed E-state index contributed by atoms with van der Waals surface area (Å²) in [5.41, 5.74) is 0.657. The average molecular weight is 603 g/mol. The molecule has 2 N–H and O–H groups in total. The number of carbonyl (C=O) groups excluding carboxylic acids is 3. The highest BCUT2D eigenvalue weighted by atomic mass is 32.2. The number of nitrogens with zero attached hydrogens (tertiary/aromatic N) is 2. The molecule has 1 unspecified atom stereocenters. The van der Waals surface area contributed by atoms with Crippen LogP contribution in [0.15, 0.2) is 30.3 Å². The molecule has 2 aliphatic rings. The molecule has 3 rings (SSSR count). The minimum atomic E-state index is -0.646. The largest absolute Gasteiger partial charge is 0.444 e. The van der Waals surface area contributed by atoms with Gasteiger partial charge in [-0.2, -0.15) is 11.8 Å². The van der Waals surface area contributed by atoms with Gasteiger partial charge in [0.15, 0.2) is 0 Å². The highest BCUT2D eigenvalue weighted by molar-refractivity contribution is 7.99. The Balaban J connectivity index is 1.56. The van der Waals surface area contributed by atoms with Gasteiger partial charge in [-0.15, -0.1) is 0 Å². The number of hydrogen-bond donors (Lipinski definition) is 2. The molecule has 1 aliphatic heterocycles. The Kier molecular flexibility index (Phi) is 14.5. The summed E-state index contributed by atoms with van der Waals surface area (Å²) < 4.78 is 5.55. The quantitative estimate of drug-likeness (QED) is 0.288. The number of thioether (sulfide) groups is 1. The summed E-state index contributed by atoms with van der Waals surface area (Å²) in [4.78, 5) is 43.4. The predicted molar refractivity (Wildman–Crippen MR) is 171 cm³/mol. The molecule has 1 aromatic rings. The zero-order valence-electron chi connectivity index (χ0n) is 26.4. The summed E-state index contributed by atoms with van der Waals surface area (Å²) >= 11 is 1.76. The van der Waals surface area contributed by atoms with Crippen molar-refractivity contribution in [2.75, 3.05) is 37.7 Å². The average Bonchev–Trinajstić information content (AvgIpc) is 2.96. The van der Waals surface area contributed by atoms with Crippen molar-refractivity contribution in [3.8, 4) is 0 Å². The normalized spacial score (nSPS) is 17.8. The van der Waals surface area contributed by atoms with Gasteiger partial charge < -0.3 is 15.4 Å². The highest BCUT2D eigenvalue weighted by Gasteiger charge is 2.29. The molecule has 3 amide bonds. The van der Waals surface area contributed by atoms with Crippen LogP contribution >= 0.6 is 11.8 Å². The Morgan fingerprint density at radius 2 is 1.74 bits per heavy atom. The number of carbonyl (C=O) groups is 3. The molecule has 0 aromatic heterocycles. The monoisotopic (exact) mass is 602 g/mol. The lowest BCUT2D eigenvalue weighted by Gasteiger charge is -2.33. The van der Waals surface area contributed by atoms with E-state index in [-0.39, 0.29) is 24.4 Å². The van der Waals surface area contributed by atoms with Crippen LogP contribution in [0.25, 0.3) is 0 Å². The fourth-order valence-electron chi connectivity index (χ4n) is 5.59. The van der Waals surface area contributed by atoms with Crippen molar-refractivity contribution in [3.63, 3.8) is 0 Å². The number of likely N-dealkylation sites (tertiary alicyclic amines) is 1. The fraction of sp³-hybridized carbons (Fsp3) is 0.727. The summed E-state index contributed by atoms with van der Waals surface area (Å²) in [5.74, 6) is 1.78. The van der Waals surface area contributed by atoms with Gasteiger partial charge in [-0.05, 0) is 70.1 Å². The molecule has 1 aliphatic carbocycles. The van der Waals surface area contributed by atoms with Crippen molar-refractivity contribution in [2.24, 2.45) is 5.92 Å². The topological polar surface area (TPSA) is 91.0 Å². The highest BCUT2D eigenvalue weighted by Crippen LogP contribution is 2.27. The Bertz CT molecular complexity index is 957. The number of benzene rings is 1. The van der Waals surface area contributed by atoms with Gasteiger partial charge in [-0.25, -0.2) is 4.79 Å². The van der Waals surface area contributed by atoms with E-state index in [1.807, 2.05) is 33.8 Å². The lowest BCUT2D eigenvalue weighted by Crippen LogP contribution is -2.54. The van der Waals surface area contributed by atoms with E-state index in [2.05, 4.69) is 39.8 Å². The van der Waals surface area contributed by atoms with Crippen molar-refractivity contribution in [3.05, 3.63) is 35.9 Å². The maximum Gasteiger partial charge on any atom is 0.410 e. The Morgan fingerprint density at radius 1 is 1.05 bits per heavy atom. The molecule has 1 atom stereocenters. The summed E-state index contributed by atoms with van der Waals surface area (Å²) in [6, 6.07) is 9.93. The van der Waals surface area contributed by atoms with E-state index in [0.717, 1.165) is 51.1 Å². The second-order valence-corrected chi connectivity index (χ2v) is 14.0. The van der Waals surface area contributed by atoms with E-state index in [9.17, 15) is 14.4 Å². The van der Waals surface area contributed by atoms with E-state index in [1.54, 1.807) is 11.8 Å². The minimum Gasteiger partial charge on any atom is -0.444 e. The van der Waals surface area contributed by atoms with Gasteiger partial charge in [0.05, 0.1) is 0 Å². The summed E-state index contributed by atoms with van der Waals surface area (Å²) in [5, 5.41) is 6.22. The lowest BCUT2D eigenvalue weighted by atomic mass is 9.91. The predicted octanol–water partition coefficient (Wildman–Crippen LogP) is 5.60. The maximum absolute atomic E-state index is 13.5. The first kappa shape index (κ1) is 34.2. The van der Waals surface area contributed by atoms with Crippen LogP contribution in [0.5, 0.6) is 0 Å².